The quantitative estimate of drug-likeness (QED) is 0.345. The van der Waals surface area contributed by atoms with Crippen LogP contribution in [0.25, 0.3) is 0 Å². The largest absolute Gasteiger partial charge is 0.362 e. The summed E-state index contributed by atoms with van der Waals surface area (Å²) in [5, 5.41) is 13.0. The SMILES string of the molecule is CNC=O.N#CC1CN1. The van der Waals surface area contributed by atoms with Crippen molar-refractivity contribution >= 4 is 6.41 Å². The summed E-state index contributed by atoms with van der Waals surface area (Å²) in [5.74, 6) is 0. The molecule has 4 nitrogen and oxygen atoms in total. The van der Waals surface area contributed by atoms with Crippen LogP contribution in [0, 0.1) is 11.3 Å². The number of rotatable bonds is 1. The average molecular weight is 127 g/mol. The fraction of sp³-hybridized carbons (Fsp3) is 0.600. The third kappa shape index (κ3) is 6.92. The Balaban J connectivity index is 0.000000148. The normalized spacial score (nSPS) is 20.2. The van der Waals surface area contributed by atoms with Crippen LogP contribution in [-0.4, -0.2) is 26.0 Å². The van der Waals surface area contributed by atoms with Crippen molar-refractivity contribution in [2.45, 2.75) is 6.04 Å². The van der Waals surface area contributed by atoms with E-state index in [4.69, 9.17) is 10.1 Å². The molecule has 0 spiro atoms. The standard InChI is InChI=1S/C3H4N2.C2H5NO/c4-1-3-2-5-3;1-3-2-4/h3,5H,2H2;2H,1H3,(H,3,4). The topological polar surface area (TPSA) is 74.8 Å². The number of carbonyl (C=O) groups is 1. The van der Waals surface area contributed by atoms with Gasteiger partial charge in [-0.1, -0.05) is 0 Å². The van der Waals surface area contributed by atoms with E-state index >= 15 is 0 Å². The van der Waals surface area contributed by atoms with Crippen molar-refractivity contribution in [1.29, 1.82) is 5.26 Å². The van der Waals surface area contributed by atoms with Gasteiger partial charge in [-0.15, -0.1) is 0 Å². The first-order valence-corrected chi connectivity index (χ1v) is 2.59. The van der Waals surface area contributed by atoms with Crippen molar-refractivity contribution in [2.75, 3.05) is 13.6 Å². The smallest absolute Gasteiger partial charge is 0.206 e. The maximum atomic E-state index is 9.06. The van der Waals surface area contributed by atoms with E-state index in [2.05, 4.69) is 10.6 Å². The molecule has 1 rings (SSSR count). The van der Waals surface area contributed by atoms with Gasteiger partial charge in [0.15, 0.2) is 0 Å². The van der Waals surface area contributed by atoms with Crippen LogP contribution >= 0.6 is 0 Å². The van der Waals surface area contributed by atoms with Gasteiger partial charge in [-0.2, -0.15) is 5.26 Å². The van der Waals surface area contributed by atoms with E-state index in [-0.39, 0.29) is 6.04 Å². The number of nitrogens with one attached hydrogen (secondary N) is 2. The highest BCUT2D eigenvalue weighted by atomic mass is 16.1. The third-order valence-corrected chi connectivity index (χ3v) is 0.682. The zero-order chi connectivity index (χ0) is 7.11. The maximum Gasteiger partial charge on any atom is 0.206 e. The lowest BCUT2D eigenvalue weighted by Crippen LogP contribution is -1.98. The Morgan fingerprint density at radius 2 is 2.44 bits per heavy atom. The number of carbonyl (C=O) groups excluding carboxylic acids is 1. The van der Waals surface area contributed by atoms with Crippen LogP contribution in [0.1, 0.15) is 0 Å². The lowest BCUT2D eigenvalue weighted by Gasteiger charge is -1.64. The molecule has 50 valence electrons. The van der Waals surface area contributed by atoms with Crippen LogP contribution in [0.2, 0.25) is 0 Å². The van der Waals surface area contributed by atoms with E-state index < -0.39 is 0 Å². The van der Waals surface area contributed by atoms with Crippen molar-refractivity contribution in [3.05, 3.63) is 0 Å². The van der Waals surface area contributed by atoms with E-state index in [0.717, 1.165) is 6.54 Å². The van der Waals surface area contributed by atoms with E-state index in [9.17, 15) is 0 Å². The highest BCUT2D eigenvalue weighted by Crippen LogP contribution is 1.89. The summed E-state index contributed by atoms with van der Waals surface area (Å²) in [7, 11) is 1.56. The van der Waals surface area contributed by atoms with E-state index in [1.54, 1.807) is 7.05 Å². The van der Waals surface area contributed by atoms with Crippen molar-refractivity contribution in [1.82, 2.24) is 10.6 Å². The number of nitriles is 1. The molecule has 0 radical (unpaired) electrons. The molecule has 0 saturated carbocycles. The molecule has 1 aliphatic heterocycles. The Morgan fingerprint density at radius 1 is 2.00 bits per heavy atom. The molecule has 1 atom stereocenters. The second-order valence-electron chi connectivity index (χ2n) is 1.50. The van der Waals surface area contributed by atoms with Gasteiger partial charge in [-0.05, 0) is 0 Å². The molecule has 9 heavy (non-hydrogen) atoms. The lowest BCUT2D eigenvalue weighted by atomic mass is 10.6. The van der Waals surface area contributed by atoms with Crippen LogP contribution in [0.3, 0.4) is 0 Å². The molecule has 1 aliphatic rings. The summed E-state index contributed by atoms with van der Waals surface area (Å²) in [6.45, 7) is 0.899. The molecule has 0 aromatic rings. The Kier molecular flexibility index (Phi) is 4.46. The Morgan fingerprint density at radius 3 is 2.44 bits per heavy atom. The zero-order valence-electron chi connectivity index (χ0n) is 5.22. The molecule has 0 aliphatic carbocycles. The number of hydrogen-bond donors (Lipinski definition) is 2. The highest BCUT2D eigenvalue weighted by Gasteiger charge is 2.17. The molecule has 0 bridgehead atoms. The zero-order valence-corrected chi connectivity index (χ0v) is 5.22. The van der Waals surface area contributed by atoms with E-state index in [1.807, 2.05) is 6.07 Å². The third-order valence-electron chi connectivity index (χ3n) is 0.682. The van der Waals surface area contributed by atoms with E-state index in [0.29, 0.717) is 6.41 Å². The van der Waals surface area contributed by atoms with Gasteiger partial charge in [0.2, 0.25) is 6.41 Å². The predicted molar refractivity (Wildman–Crippen MR) is 32.5 cm³/mol. The van der Waals surface area contributed by atoms with Crippen LogP contribution in [0.5, 0.6) is 0 Å². The van der Waals surface area contributed by atoms with Crippen molar-refractivity contribution in [2.24, 2.45) is 0 Å². The summed E-state index contributed by atoms with van der Waals surface area (Å²) in [6, 6.07) is 2.22. The molecule has 2 N–H and O–H groups in total. The molecular weight excluding hydrogens is 118 g/mol. The Bertz CT molecular complexity index is 114. The molecule has 4 heteroatoms. The summed E-state index contributed by atoms with van der Waals surface area (Å²) >= 11 is 0. The van der Waals surface area contributed by atoms with Gasteiger partial charge in [-0.3, -0.25) is 10.1 Å². The average Bonchev–Trinajstić information content (AvgIpc) is 2.70. The minimum Gasteiger partial charge on any atom is -0.362 e. The highest BCUT2D eigenvalue weighted by molar-refractivity contribution is 5.44. The van der Waals surface area contributed by atoms with Crippen molar-refractivity contribution < 1.29 is 4.79 Å². The van der Waals surface area contributed by atoms with Gasteiger partial charge >= 0.3 is 0 Å². The van der Waals surface area contributed by atoms with Gasteiger partial charge < -0.3 is 5.32 Å². The molecule has 1 saturated heterocycles. The Hall–Kier alpha value is -1.08. The molecule has 1 heterocycles. The summed E-state index contributed by atoms with van der Waals surface area (Å²) in [6.07, 6.45) is 0.625. The van der Waals surface area contributed by atoms with Crippen LogP contribution in [0.4, 0.5) is 0 Å². The second-order valence-corrected chi connectivity index (χ2v) is 1.50. The molecule has 1 fully saturated rings. The molecule has 0 aromatic carbocycles. The maximum absolute atomic E-state index is 9.06. The first kappa shape index (κ1) is 7.92. The monoisotopic (exact) mass is 127 g/mol. The van der Waals surface area contributed by atoms with Gasteiger partial charge in [-0.25, -0.2) is 0 Å². The predicted octanol–water partition coefficient (Wildman–Crippen LogP) is -1.16. The molecular formula is C5H9N3O. The summed E-state index contributed by atoms with van der Waals surface area (Å²) in [5.41, 5.74) is 0. The van der Waals surface area contributed by atoms with Crippen LogP contribution in [0.15, 0.2) is 0 Å². The number of nitrogens with zero attached hydrogens (tertiary/aromatic N) is 1. The van der Waals surface area contributed by atoms with Crippen molar-refractivity contribution in [3.8, 4) is 6.07 Å². The minimum absolute atomic E-state index is 0.190. The molecule has 1 unspecified atom stereocenters. The number of amides is 1. The number of hydrogen-bond acceptors (Lipinski definition) is 3. The summed E-state index contributed by atoms with van der Waals surface area (Å²) < 4.78 is 0. The van der Waals surface area contributed by atoms with Gasteiger partial charge in [0, 0.05) is 13.6 Å². The van der Waals surface area contributed by atoms with Crippen LogP contribution in [-0.2, 0) is 4.79 Å². The van der Waals surface area contributed by atoms with Gasteiger partial charge in [0.05, 0.1) is 6.07 Å². The van der Waals surface area contributed by atoms with Gasteiger partial charge in [0.25, 0.3) is 0 Å². The van der Waals surface area contributed by atoms with Gasteiger partial charge in [0.1, 0.15) is 6.04 Å². The minimum atomic E-state index is 0.190. The lowest BCUT2D eigenvalue weighted by molar-refractivity contribution is -0.109. The molecule has 1 amide bonds. The first-order chi connectivity index (χ1) is 4.35. The molecule has 0 aromatic heterocycles. The Labute approximate surface area is 53.9 Å². The van der Waals surface area contributed by atoms with E-state index in [1.165, 1.54) is 0 Å². The van der Waals surface area contributed by atoms with Crippen molar-refractivity contribution in [3.63, 3.8) is 0 Å². The first-order valence-electron chi connectivity index (χ1n) is 2.59. The second kappa shape index (κ2) is 5.06. The summed E-state index contributed by atoms with van der Waals surface area (Å²) in [4.78, 5) is 9.06. The fourth-order valence-corrected chi connectivity index (χ4v) is 0.150. The van der Waals surface area contributed by atoms with Crippen LogP contribution < -0.4 is 10.6 Å². The fourth-order valence-electron chi connectivity index (χ4n) is 0.150.